The van der Waals surface area contributed by atoms with Gasteiger partial charge in [0.2, 0.25) is 11.8 Å². The summed E-state index contributed by atoms with van der Waals surface area (Å²) >= 11 is 0. The zero-order chi connectivity index (χ0) is 23.7. The number of carbonyl (C=O) groups excluding carboxylic acids is 2. The number of H-pyrrole nitrogens is 1. The van der Waals surface area contributed by atoms with Crippen molar-refractivity contribution in [3.63, 3.8) is 0 Å². The van der Waals surface area contributed by atoms with Gasteiger partial charge in [-0.05, 0) is 50.1 Å². The molecular formula is C26H31N3O4. The van der Waals surface area contributed by atoms with Crippen molar-refractivity contribution in [2.45, 2.75) is 69.7 Å². The van der Waals surface area contributed by atoms with Gasteiger partial charge in [0.25, 0.3) is 0 Å². The van der Waals surface area contributed by atoms with E-state index < -0.39 is 18.2 Å². The van der Waals surface area contributed by atoms with Crippen molar-refractivity contribution in [1.29, 1.82) is 0 Å². The third-order valence-corrected chi connectivity index (χ3v) is 7.20. The summed E-state index contributed by atoms with van der Waals surface area (Å²) in [5, 5.41) is 14.0. The summed E-state index contributed by atoms with van der Waals surface area (Å²) in [6.45, 7) is 12.6. The number of aromatic nitrogens is 1. The highest BCUT2D eigenvalue weighted by atomic mass is 16.5. The van der Waals surface area contributed by atoms with Crippen molar-refractivity contribution in [3.8, 4) is 5.75 Å². The van der Waals surface area contributed by atoms with Gasteiger partial charge in [0.05, 0.1) is 11.6 Å². The monoisotopic (exact) mass is 449 g/mol. The van der Waals surface area contributed by atoms with Crippen molar-refractivity contribution in [2.75, 3.05) is 6.54 Å². The predicted octanol–water partition coefficient (Wildman–Crippen LogP) is 2.82. The Morgan fingerprint density at radius 3 is 2.82 bits per heavy atom. The van der Waals surface area contributed by atoms with Crippen molar-refractivity contribution < 1.29 is 19.4 Å². The first-order valence-corrected chi connectivity index (χ1v) is 11.5. The van der Waals surface area contributed by atoms with Crippen LogP contribution in [-0.2, 0) is 21.4 Å². The molecule has 3 N–H and O–H groups in total. The van der Waals surface area contributed by atoms with Gasteiger partial charge in [-0.15, -0.1) is 6.58 Å². The molecule has 4 heterocycles. The third-order valence-electron chi connectivity index (χ3n) is 7.20. The molecule has 7 nitrogen and oxygen atoms in total. The second-order valence-electron chi connectivity index (χ2n) is 10.4. The number of rotatable bonds is 4. The minimum absolute atomic E-state index is 0.143. The van der Waals surface area contributed by atoms with Gasteiger partial charge in [-0.25, -0.2) is 0 Å². The highest BCUT2D eigenvalue weighted by Gasteiger charge is 2.48. The molecule has 174 valence electrons. The van der Waals surface area contributed by atoms with Gasteiger partial charge in [0.1, 0.15) is 23.4 Å². The first-order chi connectivity index (χ1) is 15.5. The third kappa shape index (κ3) is 3.37. The van der Waals surface area contributed by atoms with Crippen LogP contribution >= 0.6 is 0 Å². The number of piperazine rings is 1. The van der Waals surface area contributed by atoms with Crippen molar-refractivity contribution >= 4 is 28.8 Å². The molecule has 0 bridgehead atoms. The first-order valence-electron chi connectivity index (χ1n) is 11.5. The van der Waals surface area contributed by atoms with Crippen LogP contribution in [0.5, 0.6) is 5.75 Å². The maximum Gasteiger partial charge on any atom is 0.246 e. The van der Waals surface area contributed by atoms with Crippen molar-refractivity contribution in [2.24, 2.45) is 0 Å². The van der Waals surface area contributed by atoms with Gasteiger partial charge >= 0.3 is 0 Å². The second-order valence-corrected chi connectivity index (χ2v) is 10.4. The number of allylic oxidation sites excluding steroid dienone is 1. The van der Waals surface area contributed by atoms with E-state index in [2.05, 4.69) is 36.8 Å². The molecule has 5 rings (SSSR count). The molecular weight excluding hydrogens is 418 g/mol. The number of hydrogen-bond acceptors (Lipinski definition) is 4. The molecule has 2 amide bonds. The Labute approximate surface area is 193 Å². The number of fused-ring (bicyclic) bond motifs is 4. The number of carbonyl (C=O) groups is 2. The molecule has 1 aromatic carbocycles. The summed E-state index contributed by atoms with van der Waals surface area (Å²) in [6.07, 6.45) is 5.98. The molecule has 2 fully saturated rings. The van der Waals surface area contributed by atoms with E-state index in [1.165, 1.54) is 4.90 Å². The van der Waals surface area contributed by atoms with E-state index in [-0.39, 0.29) is 22.8 Å². The van der Waals surface area contributed by atoms with Crippen LogP contribution < -0.4 is 10.1 Å². The molecule has 0 aliphatic carbocycles. The zero-order valence-corrected chi connectivity index (χ0v) is 19.6. The minimum Gasteiger partial charge on any atom is -0.483 e. The molecule has 0 radical (unpaired) electrons. The van der Waals surface area contributed by atoms with Crippen LogP contribution in [0.25, 0.3) is 17.0 Å². The fourth-order valence-electron chi connectivity index (χ4n) is 5.24. The van der Waals surface area contributed by atoms with E-state index in [9.17, 15) is 14.7 Å². The number of aromatic amines is 1. The summed E-state index contributed by atoms with van der Waals surface area (Å²) in [6, 6.07) is 2.53. The van der Waals surface area contributed by atoms with E-state index in [1.54, 1.807) is 0 Å². The Bertz CT molecular complexity index is 1210. The van der Waals surface area contributed by atoms with Crippen LogP contribution in [0.15, 0.2) is 30.9 Å². The fraction of sp³-hybridized carbons (Fsp3) is 0.462. The van der Waals surface area contributed by atoms with Gasteiger partial charge in [-0.3, -0.25) is 9.59 Å². The molecule has 33 heavy (non-hydrogen) atoms. The van der Waals surface area contributed by atoms with Crippen LogP contribution in [0, 0.1) is 0 Å². The highest BCUT2D eigenvalue weighted by Crippen LogP contribution is 2.41. The second kappa shape index (κ2) is 7.22. The molecule has 2 saturated heterocycles. The van der Waals surface area contributed by atoms with E-state index >= 15 is 0 Å². The quantitative estimate of drug-likeness (QED) is 0.626. The Balaban J connectivity index is 1.60. The van der Waals surface area contributed by atoms with Gasteiger partial charge in [0.15, 0.2) is 0 Å². The van der Waals surface area contributed by atoms with Gasteiger partial charge < -0.3 is 25.0 Å². The lowest BCUT2D eigenvalue weighted by Gasteiger charge is -2.35. The number of aliphatic hydroxyl groups is 1. The standard InChI is InChI=1S/C26H31N3O4/c1-6-25(2,3)22-16(13-17-24(32)29-12-10-18(30)21(29)23(31)27-17)14-7-8-19-15(20(14)28-22)9-11-26(4,5)33-19/h6-9,11,17-18,21,28,30H,1,10,12-13H2,2-5H3,(H,27,31)/t17?,18-,21+/m1/s1. The number of nitrogens with one attached hydrogen (secondary N) is 2. The van der Waals surface area contributed by atoms with Gasteiger partial charge in [-0.1, -0.05) is 19.9 Å². The lowest BCUT2D eigenvalue weighted by molar-refractivity contribution is -0.149. The molecule has 1 unspecified atom stereocenters. The van der Waals surface area contributed by atoms with E-state index in [0.717, 1.165) is 33.5 Å². The molecule has 2 aromatic rings. The molecule has 7 heteroatoms. The summed E-state index contributed by atoms with van der Waals surface area (Å²) in [7, 11) is 0. The molecule has 0 spiro atoms. The largest absolute Gasteiger partial charge is 0.483 e. The average molecular weight is 450 g/mol. The maximum absolute atomic E-state index is 13.2. The summed E-state index contributed by atoms with van der Waals surface area (Å²) in [5.41, 5.74) is 3.10. The summed E-state index contributed by atoms with van der Waals surface area (Å²) in [5.74, 6) is 0.377. The van der Waals surface area contributed by atoms with Gasteiger partial charge in [0, 0.05) is 35.0 Å². The molecule has 3 aliphatic heterocycles. The topological polar surface area (TPSA) is 94.7 Å². The lowest BCUT2D eigenvalue weighted by atomic mass is 9.84. The van der Waals surface area contributed by atoms with E-state index in [4.69, 9.17) is 4.74 Å². The van der Waals surface area contributed by atoms with Crippen LogP contribution in [0.3, 0.4) is 0 Å². The molecule has 0 saturated carbocycles. The SMILES string of the molecule is C=CC(C)(C)c1[nH]c2c3c(ccc2c1CC1NC(=O)[C@@H]2[C@H](O)CCN2C1=O)OC(C)(C)C=C3. The number of benzene rings is 1. The predicted molar refractivity (Wildman–Crippen MR) is 127 cm³/mol. The molecule has 1 aromatic heterocycles. The molecule has 3 atom stereocenters. The number of hydrogen-bond donors (Lipinski definition) is 3. The van der Waals surface area contributed by atoms with Crippen molar-refractivity contribution in [1.82, 2.24) is 15.2 Å². The normalized spacial score (nSPS) is 26.1. The number of amides is 2. The Hall–Kier alpha value is -3.06. The Morgan fingerprint density at radius 2 is 2.09 bits per heavy atom. The first kappa shape index (κ1) is 21.8. The Kier molecular flexibility index (Phi) is 4.76. The highest BCUT2D eigenvalue weighted by molar-refractivity contribution is 5.99. The van der Waals surface area contributed by atoms with Crippen LogP contribution in [-0.4, -0.2) is 57.1 Å². The van der Waals surface area contributed by atoms with Crippen molar-refractivity contribution in [3.05, 3.63) is 47.7 Å². The lowest BCUT2D eigenvalue weighted by Crippen LogP contribution is -2.63. The summed E-state index contributed by atoms with van der Waals surface area (Å²) < 4.78 is 6.16. The van der Waals surface area contributed by atoms with E-state index in [0.29, 0.717) is 19.4 Å². The minimum atomic E-state index is -0.805. The van der Waals surface area contributed by atoms with Gasteiger partial charge in [-0.2, -0.15) is 0 Å². The maximum atomic E-state index is 13.2. The Morgan fingerprint density at radius 1 is 1.33 bits per heavy atom. The fourth-order valence-corrected chi connectivity index (χ4v) is 5.24. The van der Waals surface area contributed by atoms with Crippen LogP contribution in [0.2, 0.25) is 0 Å². The average Bonchev–Trinajstić information content (AvgIpc) is 3.32. The number of ether oxygens (including phenoxy) is 1. The van der Waals surface area contributed by atoms with Crippen LogP contribution in [0.1, 0.15) is 50.9 Å². The smallest absolute Gasteiger partial charge is 0.246 e. The van der Waals surface area contributed by atoms with E-state index in [1.807, 2.05) is 38.1 Å². The number of aliphatic hydroxyl groups excluding tert-OH is 1. The molecule has 3 aliphatic rings. The van der Waals surface area contributed by atoms with Crippen LogP contribution in [0.4, 0.5) is 0 Å². The summed E-state index contributed by atoms with van der Waals surface area (Å²) in [4.78, 5) is 31.1. The number of nitrogens with zero attached hydrogens (tertiary/aromatic N) is 1. The zero-order valence-electron chi connectivity index (χ0n) is 19.6.